The Hall–Kier alpha value is -1.02. The van der Waals surface area contributed by atoms with E-state index in [1.807, 2.05) is 0 Å². The highest BCUT2D eigenvalue weighted by molar-refractivity contribution is 5.85. The molecule has 2 rings (SSSR count). The lowest BCUT2D eigenvalue weighted by Crippen LogP contribution is -2.45. The number of nitrogens with zero attached hydrogens (tertiary/aromatic N) is 1. The number of nitrogens with one attached hydrogen (secondary N) is 1. The summed E-state index contributed by atoms with van der Waals surface area (Å²) in [6, 6.07) is 6.44. The van der Waals surface area contributed by atoms with Gasteiger partial charge in [-0.15, -0.1) is 24.8 Å². The normalized spacial score (nSPS) is 16.3. The Morgan fingerprint density at radius 3 is 2.48 bits per heavy atom. The van der Waals surface area contributed by atoms with E-state index in [0.29, 0.717) is 18.8 Å². The van der Waals surface area contributed by atoms with Gasteiger partial charge in [-0.2, -0.15) is 13.2 Å². The van der Waals surface area contributed by atoms with Crippen molar-refractivity contribution in [2.75, 3.05) is 26.2 Å². The fourth-order valence-electron chi connectivity index (χ4n) is 2.81. The summed E-state index contributed by atoms with van der Waals surface area (Å²) < 4.78 is 43.0. The Labute approximate surface area is 157 Å². The standard InChI is InChI=1S/C16H21F3N2O2.2ClH/c1-12(22)23-14-4-2-3-13(11-14)15(5-6-16(17,18)19)21-9-7-20-8-10-21;;/h2-4,11,15,20H,5-10H2,1H3;2*1H/t15-;;/m0../s1. The molecule has 0 unspecified atom stereocenters. The SMILES string of the molecule is CC(=O)Oc1cccc([C@H](CCC(F)(F)F)N2CCNCC2)c1.Cl.Cl. The molecule has 1 saturated heterocycles. The lowest BCUT2D eigenvalue weighted by Gasteiger charge is -2.35. The fraction of sp³-hybridized carbons (Fsp3) is 0.562. The van der Waals surface area contributed by atoms with Crippen molar-refractivity contribution in [3.8, 4) is 5.75 Å². The van der Waals surface area contributed by atoms with Crippen molar-refractivity contribution >= 4 is 30.8 Å². The number of piperazine rings is 1. The van der Waals surface area contributed by atoms with Crippen LogP contribution in [-0.4, -0.2) is 43.2 Å². The largest absolute Gasteiger partial charge is 0.427 e. The third kappa shape index (κ3) is 8.27. The summed E-state index contributed by atoms with van der Waals surface area (Å²) in [6.07, 6.45) is -5.02. The molecule has 0 spiro atoms. The van der Waals surface area contributed by atoms with Crippen LogP contribution in [-0.2, 0) is 4.79 Å². The minimum absolute atomic E-state index is 0. The smallest absolute Gasteiger partial charge is 0.389 e. The predicted octanol–water partition coefficient (Wildman–Crippen LogP) is 3.74. The third-order valence-electron chi connectivity index (χ3n) is 3.80. The molecular weight excluding hydrogens is 380 g/mol. The molecule has 1 aromatic carbocycles. The van der Waals surface area contributed by atoms with Gasteiger partial charge in [0.2, 0.25) is 0 Å². The van der Waals surface area contributed by atoms with E-state index < -0.39 is 18.6 Å². The summed E-state index contributed by atoms with van der Waals surface area (Å²) in [5.41, 5.74) is 0.745. The van der Waals surface area contributed by atoms with E-state index in [1.165, 1.54) is 6.92 Å². The van der Waals surface area contributed by atoms with Gasteiger partial charge in [0.05, 0.1) is 0 Å². The Bertz CT molecular complexity index is 538. The molecule has 144 valence electrons. The molecule has 0 aromatic heterocycles. The van der Waals surface area contributed by atoms with Crippen molar-refractivity contribution in [3.63, 3.8) is 0 Å². The zero-order chi connectivity index (χ0) is 16.9. The van der Waals surface area contributed by atoms with Crippen LogP contribution in [0.1, 0.15) is 31.4 Å². The maximum atomic E-state index is 12.6. The monoisotopic (exact) mass is 402 g/mol. The summed E-state index contributed by atoms with van der Waals surface area (Å²) in [6.45, 7) is 4.20. The maximum Gasteiger partial charge on any atom is 0.389 e. The van der Waals surface area contributed by atoms with Gasteiger partial charge in [0.1, 0.15) is 5.75 Å². The molecule has 0 radical (unpaired) electrons. The minimum Gasteiger partial charge on any atom is -0.427 e. The summed E-state index contributed by atoms with van der Waals surface area (Å²) >= 11 is 0. The molecule has 1 aromatic rings. The number of hydrogen-bond donors (Lipinski definition) is 1. The van der Waals surface area contributed by atoms with Crippen LogP contribution < -0.4 is 10.1 Å². The number of carbonyl (C=O) groups is 1. The summed E-state index contributed by atoms with van der Waals surface area (Å²) in [7, 11) is 0. The molecule has 1 aliphatic rings. The molecule has 0 aliphatic carbocycles. The van der Waals surface area contributed by atoms with Gasteiger partial charge in [-0.05, 0) is 24.1 Å². The fourth-order valence-corrected chi connectivity index (χ4v) is 2.81. The second kappa shape index (κ2) is 10.9. The van der Waals surface area contributed by atoms with E-state index in [9.17, 15) is 18.0 Å². The molecule has 4 nitrogen and oxygen atoms in total. The van der Waals surface area contributed by atoms with Crippen molar-refractivity contribution in [1.29, 1.82) is 0 Å². The average Bonchev–Trinajstić information content (AvgIpc) is 2.47. The summed E-state index contributed by atoms with van der Waals surface area (Å²) in [5, 5.41) is 3.20. The number of rotatable bonds is 5. The van der Waals surface area contributed by atoms with Crippen LogP contribution in [0.15, 0.2) is 24.3 Å². The van der Waals surface area contributed by atoms with Crippen LogP contribution in [0.25, 0.3) is 0 Å². The van der Waals surface area contributed by atoms with Crippen LogP contribution >= 0.6 is 24.8 Å². The number of halogens is 5. The quantitative estimate of drug-likeness (QED) is 0.601. The van der Waals surface area contributed by atoms with Crippen LogP contribution in [0.5, 0.6) is 5.75 Å². The average molecular weight is 403 g/mol. The van der Waals surface area contributed by atoms with Crippen LogP contribution in [0.3, 0.4) is 0 Å². The molecular formula is C16H23Cl2F3N2O2. The lowest BCUT2D eigenvalue weighted by molar-refractivity contribution is -0.138. The van der Waals surface area contributed by atoms with Crippen LogP contribution in [0.4, 0.5) is 13.2 Å². The minimum atomic E-state index is -4.18. The van der Waals surface area contributed by atoms with E-state index in [4.69, 9.17) is 4.74 Å². The first-order valence-electron chi connectivity index (χ1n) is 7.65. The zero-order valence-electron chi connectivity index (χ0n) is 13.8. The number of hydrogen-bond acceptors (Lipinski definition) is 4. The molecule has 1 N–H and O–H groups in total. The van der Waals surface area contributed by atoms with Crippen molar-refractivity contribution in [1.82, 2.24) is 10.2 Å². The second-order valence-electron chi connectivity index (χ2n) is 5.62. The highest BCUT2D eigenvalue weighted by atomic mass is 35.5. The van der Waals surface area contributed by atoms with Crippen molar-refractivity contribution in [2.24, 2.45) is 0 Å². The molecule has 1 atom stereocenters. The zero-order valence-corrected chi connectivity index (χ0v) is 15.5. The van der Waals surface area contributed by atoms with Crippen molar-refractivity contribution < 1.29 is 22.7 Å². The molecule has 0 saturated carbocycles. The van der Waals surface area contributed by atoms with Gasteiger partial charge in [-0.25, -0.2) is 0 Å². The van der Waals surface area contributed by atoms with Crippen LogP contribution in [0.2, 0.25) is 0 Å². The van der Waals surface area contributed by atoms with Crippen molar-refractivity contribution in [2.45, 2.75) is 32.0 Å². The third-order valence-corrected chi connectivity index (χ3v) is 3.80. The Morgan fingerprint density at radius 2 is 1.92 bits per heavy atom. The van der Waals surface area contributed by atoms with Gasteiger partial charge >= 0.3 is 12.1 Å². The van der Waals surface area contributed by atoms with Crippen molar-refractivity contribution in [3.05, 3.63) is 29.8 Å². The van der Waals surface area contributed by atoms with E-state index in [0.717, 1.165) is 18.7 Å². The molecule has 0 bridgehead atoms. The Morgan fingerprint density at radius 1 is 1.28 bits per heavy atom. The topological polar surface area (TPSA) is 41.6 Å². The first-order valence-corrected chi connectivity index (χ1v) is 7.65. The van der Waals surface area contributed by atoms with Gasteiger partial charge in [-0.1, -0.05) is 12.1 Å². The van der Waals surface area contributed by atoms with E-state index in [2.05, 4.69) is 10.2 Å². The predicted molar refractivity (Wildman–Crippen MR) is 94.7 cm³/mol. The van der Waals surface area contributed by atoms with Gasteiger partial charge < -0.3 is 10.1 Å². The summed E-state index contributed by atoms with van der Waals surface area (Å²) in [4.78, 5) is 13.1. The number of ether oxygens (including phenoxy) is 1. The first-order chi connectivity index (χ1) is 10.8. The van der Waals surface area contributed by atoms with E-state index in [-0.39, 0.29) is 37.3 Å². The van der Waals surface area contributed by atoms with E-state index >= 15 is 0 Å². The number of alkyl halides is 3. The van der Waals surface area contributed by atoms with Gasteiger partial charge in [0.15, 0.2) is 0 Å². The molecule has 1 heterocycles. The second-order valence-corrected chi connectivity index (χ2v) is 5.62. The molecule has 25 heavy (non-hydrogen) atoms. The van der Waals surface area contributed by atoms with Gasteiger partial charge in [0.25, 0.3) is 0 Å². The van der Waals surface area contributed by atoms with Gasteiger partial charge in [-0.3, -0.25) is 9.69 Å². The molecule has 9 heteroatoms. The molecule has 1 fully saturated rings. The van der Waals surface area contributed by atoms with Crippen LogP contribution in [0, 0.1) is 0 Å². The Kier molecular flexibility index (Phi) is 10.4. The maximum absolute atomic E-state index is 12.6. The van der Waals surface area contributed by atoms with E-state index in [1.54, 1.807) is 24.3 Å². The number of carbonyl (C=O) groups excluding carboxylic acids is 1. The molecule has 1 aliphatic heterocycles. The lowest BCUT2D eigenvalue weighted by atomic mass is 9.99. The first kappa shape index (κ1) is 24.0. The highest BCUT2D eigenvalue weighted by Gasteiger charge is 2.31. The number of benzene rings is 1. The summed E-state index contributed by atoms with van der Waals surface area (Å²) in [5.74, 6) is -0.0849. The van der Waals surface area contributed by atoms with Gasteiger partial charge in [0, 0.05) is 45.6 Å². The Balaban J connectivity index is 0.00000288. The number of esters is 1. The highest BCUT2D eigenvalue weighted by Crippen LogP contribution is 2.33. The molecule has 0 amide bonds.